The van der Waals surface area contributed by atoms with Gasteiger partial charge in [0, 0.05) is 0 Å². The van der Waals surface area contributed by atoms with E-state index in [1.165, 1.54) is 89.9 Å². The monoisotopic (exact) mass is 495 g/mol. The molecule has 0 aromatic rings. The predicted molar refractivity (Wildman–Crippen MR) is 143 cm³/mol. The van der Waals surface area contributed by atoms with Gasteiger partial charge in [-0.1, -0.05) is 129 Å². The Bertz CT molecular complexity index is 460. The topological polar surface area (TPSA) is 55.4 Å². The van der Waals surface area contributed by atoms with Gasteiger partial charge in [0.25, 0.3) is 10.1 Å². The number of alkyl halides is 1. The molecule has 0 radical (unpaired) electrons. The molecule has 0 saturated heterocycles. The van der Waals surface area contributed by atoms with Crippen LogP contribution in [0.15, 0.2) is 0 Å². The quantitative estimate of drug-likeness (QED) is 0.107. The summed E-state index contributed by atoms with van der Waals surface area (Å²) >= 11 is 0. The molecule has 202 valence electrons. The zero-order valence-electron chi connectivity index (χ0n) is 22.6. The zero-order valence-corrected chi connectivity index (χ0v) is 23.5. The van der Waals surface area contributed by atoms with Crippen molar-refractivity contribution in [1.82, 2.24) is 5.32 Å². The van der Waals surface area contributed by atoms with Gasteiger partial charge < -0.3 is 5.32 Å². The molecule has 6 heteroatoms. The molecule has 0 fully saturated rings. The molecule has 1 N–H and O–H groups in total. The van der Waals surface area contributed by atoms with Gasteiger partial charge in [0.15, 0.2) is 0 Å². The van der Waals surface area contributed by atoms with Crippen LogP contribution in [0.5, 0.6) is 0 Å². The minimum Gasteiger partial charge on any atom is -0.323 e. The second-order valence-corrected chi connectivity index (χ2v) is 11.1. The Morgan fingerprint density at radius 1 is 0.606 bits per heavy atom. The maximum atomic E-state index is 14.0. The van der Waals surface area contributed by atoms with Crippen molar-refractivity contribution in [1.29, 1.82) is 0 Å². The zero-order chi connectivity index (χ0) is 25.0. The summed E-state index contributed by atoms with van der Waals surface area (Å²) in [6, 6.07) is 0. The molecule has 0 spiro atoms. The number of hydrogen-bond acceptors (Lipinski definition) is 4. The first-order chi connectivity index (χ1) is 16.0. The number of hydrogen-bond donors (Lipinski definition) is 1. The highest BCUT2D eigenvalue weighted by atomic mass is 32.2. The summed E-state index contributed by atoms with van der Waals surface area (Å²) in [4.78, 5) is 0. The van der Waals surface area contributed by atoms with Gasteiger partial charge in [0.2, 0.25) is 5.50 Å². The normalized spacial score (nSPS) is 12.4. The van der Waals surface area contributed by atoms with Gasteiger partial charge in [0.05, 0.1) is 6.61 Å². The van der Waals surface area contributed by atoms with Crippen LogP contribution in [-0.4, -0.2) is 34.6 Å². The number of halogens is 1. The van der Waals surface area contributed by atoms with E-state index in [0.29, 0.717) is 12.8 Å². The van der Waals surface area contributed by atoms with E-state index in [2.05, 4.69) is 19.2 Å². The first-order valence-electron chi connectivity index (χ1n) is 14.1. The average molecular weight is 496 g/mol. The van der Waals surface area contributed by atoms with E-state index in [1.807, 2.05) is 14.1 Å². The summed E-state index contributed by atoms with van der Waals surface area (Å²) in [5.41, 5.74) is -1.87. The van der Waals surface area contributed by atoms with E-state index in [0.717, 1.165) is 25.7 Å². The van der Waals surface area contributed by atoms with Crippen LogP contribution in [0.3, 0.4) is 0 Å². The van der Waals surface area contributed by atoms with Gasteiger partial charge in [-0.15, -0.1) is 0 Å². The summed E-state index contributed by atoms with van der Waals surface area (Å²) < 4.78 is 42.7. The summed E-state index contributed by atoms with van der Waals surface area (Å²) in [5, 5.41) is 2.75. The van der Waals surface area contributed by atoms with Crippen LogP contribution in [0.1, 0.15) is 149 Å². The molecular formula is C27H58FNO3S. The van der Waals surface area contributed by atoms with Crippen LogP contribution in [0.25, 0.3) is 0 Å². The molecule has 0 saturated carbocycles. The maximum Gasteiger partial charge on any atom is 0.299 e. The van der Waals surface area contributed by atoms with Gasteiger partial charge in [-0.3, -0.25) is 4.18 Å². The summed E-state index contributed by atoms with van der Waals surface area (Å²) in [7, 11) is -0.297. The van der Waals surface area contributed by atoms with Gasteiger partial charge in [-0.2, -0.15) is 8.42 Å². The van der Waals surface area contributed by atoms with Crippen LogP contribution in [0, 0.1) is 0 Å². The largest absolute Gasteiger partial charge is 0.323 e. The number of unbranched alkanes of at least 4 members (excludes halogenated alkanes) is 18. The van der Waals surface area contributed by atoms with E-state index in [4.69, 9.17) is 4.18 Å². The summed E-state index contributed by atoms with van der Waals surface area (Å²) in [6.45, 7) is 4.57. The third-order valence-corrected chi connectivity index (χ3v) is 7.20. The third kappa shape index (κ3) is 27.9. The molecule has 0 aromatic carbocycles. The van der Waals surface area contributed by atoms with E-state index in [1.54, 1.807) is 0 Å². The fourth-order valence-corrected chi connectivity index (χ4v) is 4.73. The lowest BCUT2D eigenvalue weighted by molar-refractivity contribution is 0.270. The van der Waals surface area contributed by atoms with Crippen LogP contribution >= 0.6 is 0 Å². The molecule has 1 unspecified atom stereocenters. The smallest absolute Gasteiger partial charge is 0.299 e. The fraction of sp³-hybridized carbons (Fsp3) is 1.00. The summed E-state index contributed by atoms with van der Waals surface area (Å²) in [6.07, 6.45) is 23.4. The highest BCUT2D eigenvalue weighted by Gasteiger charge is 2.25. The van der Waals surface area contributed by atoms with Gasteiger partial charge in [-0.05, 0) is 33.4 Å². The molecule has 0 aromatic heterocycles. The summed E-state index contributed by atoms with van der Waals surface area (Å²) in [5.74, 6) is 0. The lowest BCUT2D eigenvalue weighted by Gasteiger charge is -2.10. The minimum absolute atomic E-state index is 0.0659. The van der Waals surface area contributed by atoms with E-state index >= 15 is 0 Å². The Labute approximate surface area is 207 Å². The molecule has 0 rings (SSSR count). The van der Waals surface area contributed by atoms with Crippen LogP contribution in [0.4, 0.5) is 4.39 Å². The van der Waals surface area contributed by atoms with Crippen molar-refractivity contribution in [2.75, 3.05) is 20.7 Å². The van der Waals surface area contributed by atoms with Crippen LogP contribution < -0.4 is 5.32 Å². The highest BCUT2D eigenvalue weighted by molar-refractivity contribution is 7.87. The molecule has 0 aliphatic heterocycles. The van der Waals surface area contributed by atoms with E-state index in [-0.39, 0.29) is 13.0 Å². The first kappa shape index (κ1) is 35.0. The van der Waals surface area contributed by atoms with E-state index < -0.39 is 15.6 Å². The first-order valence-corrected chi connectivity index (χ1v) is 15.5. The Kier molecular flexibility index (Phi) is 29.7. The number of rotatable bonds is 24. The van der Waals surface area contributed by atoms with Crippen LogP contribution in [-0.2, 0) is 14.3 Å². The minimum atomic E-state index is -4.05. The molecule has 4 nitrogen and oxygen atoms in total. The van der Waals surface area contributed by atoms with Crippen molar-refractivity contribution < 1.29 is 17.0 Å². The van der Waals surface area contributed by atoms with Gasteiger partial charge in [-0.25, -0.2) is 4.39 Å². The third-order valence-electron chi connectivity index (χ3n) is 5.84. The number of nitrogens with one attached hydrogen (secondary N) is 1. The molecule has 0 aliphatic rings. The van der Waals surface area contributed by atoms with Gasteiger partial charge >= 0.3 is 0 Å². The van der Waals surface area contributed by atoms with Crippen molar-refractivity contribution in [3.63, 3.8) is 0 Å². The SMILES string of the molecule is CCCCCCCCCCCCCOS(=O)(=O)C(F)CCCCCCCCCCC.CNC. The Balaban J connectivity index is 0. The van der Waals surface area contributed by atoms with Crippen molar-refractivity contribution in [3.05, 3.63) is 0 Å². The predicted octanol–water partition coefficient (Wildman–Crippen LogP) is 8.70. The lowest BCUT2D eigenvalue weighted by Crippen LogP contribution is -2.19. The molecule has 0 amide bonds. The lowest BCUT2D eigenvalue weighted by atomic mass is 10.1. The van der Waals surface area contributed by atoms with Crippen molar-refractivity contribution in [2.24, 2.45) is 0 Å². The fourth-order valence-electron chi connectivity index (χ4n) is 3.78. The van der Waals surface area contributed by atoms with Crippen molar-refractivity contribution in [3.8, 4) is 0 Å². The molecule has 33 heavy (non-hydrogen) atoms. The second-order valence-electron chi connectivity index (χ2n) is 9.38. The second kappa shape index (κ2) is 28.0. The van der Waals surface area contributed by atoms with Gasteiger partial charge in [0.1, 0.15) is 0 Å². The van der Waals surface area contributed by atoms with Crippen molar-refractivity contribution in [2.45, 2.75) is 154 Å². The Morgan fingerprint density at radius 3 is 1.27 bits per heavy atom. The molecule has 0 heterocycles. The average Bonchev–Trinajstić information content (AvgIpc) is 2.79. The van der Waals surface area contributed by atoms with Crippen LogP contribution in [0.2, 0.25) is 0 Å². The highest BCUT2D eigenvalue weighted by Crippen LogP contribution is 2.17. The Hall–Kier alpha value is -0.200. The Morgan fingerprint density at radius 2 is 0.909 bits per heavy atom. The molecule has 0 bridgehead atoms. The molecule has 1 atom stereocenters. The van der Waals surface area contributed by atoms with E-state index in [9.17, 15) is 12.8 Å². The molecular weight excluding hydrogens is 437 g/mol. The van der Waals surface area contributed by atoms with Crippen molar-refractivity contribution >= 4 is 10.1 Å². The maximum absolute atomic E-state index is 14.0. The standard InChI is InChI=1S/C25H51FO3S.C2H7N/c1-3-5-7-9-11-13-14-16-18-20-22-24-29-30(27,28)25(26)23-21-19-17-15-12-10-8-6-4-2;1-3-2/h25H,3-24H2,1-2H3;3H,1-2H3. The molecule has 0 aliphatic carbocycles.